The van der Waals surface area contributed by atoms with Crippen molar-refractivity contribution < 1.29 is 4.74 Å². The molecule has 0 aliphatic rings. The highest BCUT2D eigenvalue weighted by Crippen LogP contribution is 2.07. The largest absolute Gasteiger partial charge is 0.377 e. The maximum atomic E-state index is 5.53. The van der Waals surface area contributed by atoms with Gasteiger partial charge < -0.3 is 15.8 Å². The molecule has 5 nitrogen and oxygen atoms in total. The van der Waals surface area contributed by atoms with Crippen LogP contribution in [-0.4, -0.2) is 29.2 Å². The molecule has 15 heavy (non-hydrogen) atoms. The van der Waals surface area contributed by atoms with Crippen molar-refractivity contribution in [3.05, 3.63) is 11.8 Å². The molecule has 1 rings (SSSR count). The summed E-state index contributed by atoms with van der Waals surface area (Å²) >= 11 is 0. The van der Waals surface area contributed by atoms with Crippen molar-refractivity contribution in [3.8, 4) is 0 Å². The predicted octanol–water partition coefficient (Wildman–Crippen LogP) is 1.20. The summed E-state index contributed by atoms with van der Waals surface area (Å²) in [4.78, 5) is 8.06. The van der Waals surface area contributed by atoms with E-state index in [2.05, 4.69) is 15.3 Å². The Morgan fingerprint density at radius 1 is 1.53 bits per heavy atom. The second-order valence-corrected chi connectivity index (χ2v) is 3.40. The van der Waals surface area contributed by atoms with E-state index in [1.165, 1.54) is 0 Å². The Morgan fingerprint density at radius 3 is 2.87 bits per heavy atom. The highest BCUT2D eigenvalue weighted by molar-refractivity contribution is 5.40. The third-order valence-electron chi connectivity index (χ3n) is 1.89. The van der Waals surface area contributed by atoms with E-state index in [-0.39, 0.29) is 6.10 Å². The van der Waals surface area contributed by atoms with Crippen molar-refractivity contribution in [3.63, 3.8) is 0 Å². The van der Waals surface area contributed by atoms with Crippen LogP contribution in [0.5, 0.6) is 0 Å². The molecular formula is C10H18N4O. The molecule has 1 aromatic heterocycles. The van der Waals surface area contributed by atoms with Gasteiger partial charge in [0.2, 0.25) is 5.95 Å². The Labute approximate surface area is 90.1 Å². The van der Waals surface area contributed by atoms with Gasteiger partial charge in [-0.15, -0.1) is 0 Å². The van der Waals surface area contributed by atoms with Crippen LogP contribution in [0.15, 0.2) is 6.07 Å². The number of hydrogen-bond acceptors (Lipinski definition) is 5. The highest BCUT2D eigenvalue weighted by Gasteiger charge is 2.02. The number of nitrogen functional groups attached to an aromatic ring is 1. The SMILES string of the molecule is CCOC(C)CNc1cc(C)nc(N)n1. The predicted molar refractivity (Wildman–Crippen MR) is 60.8 cm³/mol. The summed E-state index contributed by atoms with van der Waals surface area (Å²) in [5.74, 6) is 1.04. The zero-order valence-corrected chi connectivity index (χ0v) is 9.45. The molecule has 0 spiro atoms. The monoisotopic (exact) mass is 210 g/mol. The average molecular weight is 210 g/mol. The Kier molecular flexibility index (Phi) is 4.30. The standard InChI is InChI=1S/C10H18N4O/c1-4-15-8(3)6-12-9-5-7(2)13-10(11)14-9/h5,8H,4,6H2,1-3H3,(H3,11,12,13,14). The number of rotatable bonds is 5. The molecule has 1 aromatic rings. The van der Waals surface area contributed by atoms with E-state index < -0.39 is 0 Å². The molecule has 0 radical (unpaired) electrons. The number of nitrogens with two attached hydrogens (primary N) is 1. The number of aryl methyl sites for hydroxylation is 1. The van der Waals surface area contributed by atoms with Crippen LogP contribution in [0.1, 0.15) is 19.5 Å². The molecule has 0 bridgehead atoms. The third kappa shape index (κ3) is 4.12. The number of aromatic nitrogens is 2. The Hall–Kier alpha value is -1.36. The quantitative estimate of drug-likeness (QED) is 0.764. The number of nitrogens with one attached hydrogen (secondary N) is 1. The molecule has 0 saturated heterocycles. The molecule has 0 fully saturated rings. The molecule has 5 heteroatoms. The summed E-state index contributed by atoms with van der Waals surface area (Å²) in [6, 6.07) is 1.86. The van der Waals surface area contributed by atoms with Crippen molar-refractivity contribution in [1.29, 1.82) is 0 Å². The van der Waals surface area contributed by atoms with Crippen LogP contribution in [0.25, 0.3) is 0 Å². The summed E-state index contributed by atoms with van der Waals surface area (Å²) in [7, 11) is 0. The first kappa shape index (κ1) is 11.7. The lowest BCUT2D eigenvalue weighted by molar-refractivity contribution is 0.0855. The van der Waals surface area contributed by atoms with Crippen LogP contribution in [0, 0.1) is 6.92 Å². The minimum absolute atomic E-state index is 0.159. The zero-order valence-electron chi connectivity index (χ0n) is 9.45. The van der Waals surface area contributed by atoms with Gasteiger partial charge in [-0.05, 0) is 20.8 Å². The summed E-state index contributed by atoms with van der Waals surface area (Å²) in [5.41, 5.74) is 6.39. The lowest BCUT2D eigenvalue weighted by Gasteiger charge is -2.13. The first-order valence-electron chi connectivity index (χ1n) is 5.08. The van der Waals surface area contributed by atoms with Crippen LogP contribution in [0.3, 0.4) is 0 Å². The van der Waals surface area contributed by atoms with Gasteiger partial charge in [0.15, 0.2) is 0 Å². The van der Waals surface area contributed by atoms with E-state index >= 15 is 0 Å². The van der Waals surface area contributed by atoms with Gasteiger partial charge in [0, 0.05) is 24.9 Å². The van der Waals surface area contributed by atoms with Gasteiger partial charge >= 0.3 is 0 Å². The molecule has 0 saturated carbocycles. The molecule has 1 atom stereocenters. The number of ether oxygens (including phenoxy) is 1. The van der Waals surface area contributed by atoms with Gasteiger partial charge in [-0.2, -0.15) is 4.98 Å². The van der Waals surface area contributed by atoms with Crippen molar-refractivity contribution in [1.82, 2.24) is 9.97 Å². The lowest BCUT2D eigenvalue weighted by atomic mass is 10.3. The van der Waals surface area contributed by atoms with E-state index in [0.717, 1.165) is 11.5 Å². The van der Waals surface area contributed by atoms with Gasteiger partial charge in [-0.3, -0.25) is 0 Å². The zero-order chi connectivity index (χ0) is 11.3. The molecule has 0 aromatic carbocycles. The Morgan fingerprint density at radius 2 is 2.27 bits per heavy atom. The second-order valence-electron chi connectivity index (χ2n) is 3.40. The van der Waals surface area contributed by atoms with Crippen LogP contribution < -0.4 is 11.1 Å². The maximum Gasteiger partial charge on any atom is 0.222 e. The normalized spacial score (nSPS) is 12.5. The summed E-state index contributed by atoms with van der Waals surface area (Å²) in [6.07, 6.45) is 0.159. The number of anilines is 2. The smallest absolute Gasteiger partial charge is 0.222 e. The van der Waals surface area contributed by atoms with Crippen molar-refractivity contribution >= 4 is 11.8 Å². The van der Waals surface area contributed by atoms with Gasteiger partial charge in [0.25, 0.3) is 0 Å². The second kappa shape index (κ2) is 5.50. The van der Waals surface area contributed by atoms with Crippen LogP contribution >= 0.6 is 0 Å². The van der Waals surface area contributed by atoms with Crippen molar-refractivity contribution in [2.24, 2.45) is 0 Å². The first-order chi connectivity index (χ1) is 7.11. The van der Waals surface area contributed by atoms with E-state index in [0.29, 0.717) is 19.1 Å². The molecule has 0 aliphatic heterocycles. The summed E-state index contributed by atoms with van der Waals surface area (Å²) in [5, 5.41) is 3.15. The molecule has 3 N–H and O–H groups in total. The average Bonchev–Trinajstić information content (AvgIpc) is 2.14. The topological polar surface area (TPSA) is 73.1 Å². The van der Waals surface area contributed by atoms with Crippen LogP contribution in [0.2, 0.25) is 0 Å². The maximum absolute atomic E-state index is 5.53. The van der Waals surface area contributed by atoms with Crippen LogP contribution in [0.4, 0.5) is 11.8 Å². The summed E-state index contributed by atoms with van der Waals surface area (Å²) < 4.78 is 5.39. The lowest BCUT2D eigenvalue weighted by Crippen LogP contribution is -2.20. The Bertz CT molecular complexity index is 296. The van der Waals surface area contributed by atoms with Crippen molar-refractivity contribution in [2.45, 2.75) is 26.9 Å². The fourth-order valence-corrected chi connectivity index (χ4v) is 1.27. The van der Waals surface area contributed by atoms with E-state index in [4.69, 9.17) is 10.5 Å². The van der Waals surface area contributed by atoms with E-state index in [1.54, 1.807) is 0 Å². The van der Waals surface area contributed by atoms with Crippen molar-refractivity contribution in [2.75, 3.05) is 24.2 Å². The third-order valence-corrected chi connectivity index (χ3v) is 1.89. The highest BCUT2D eigenvalue weighted by atomic mass is 16.5. The molecule has 84 valence electrons. The van der Waals surface area contributed by atoms with Gasteiger partial charge in [0.05, 0.1) is 6.10 Å². The summed E-state index contributed by atoms with van der Waals surface area (Å²) in [6.45, 7) is 7.30. The Balaban J connectivity index is 2.50. The minimum Gasteiger partial charge on any atom is -0.377 e. The van der Waals surface area contributed by atoms with Gasteiger partial charge in [0.1, 0.15) is 5.82 Å². The van der Waals surface area contributed by atoms with E-state index in [1.807, 2.05) is 26.8 Å². The first-order valence-corrected chi connectivity index (χ1v) is 5.08. The molecule has 1 unspecified atom stereocenters. The number of nitrogens with zero attached hydrogens (tertiary/aromatic N) is 2. The van der Waals surface area contributed by atoms with Crippen LogP contribution in [-0.2, 0) is 4.74 Å². The molecule has 0 aliphatic carbocycles. The number of hydrogen-bond donors (Lipinski definition) is 2. The fourth-order valence-electron chi connectivity index (χ4n) is 1.27. The van der Waals surface area contributed by atoms with Gasteiger partial charge in [-0.1, -0.05) is 0 Å². The molecule has 1 heterocycles. The fraction of sp³-hybridized carbons (Fsp3) is 0.600. The van der Waals surface area contributed by atoms with Gasteiger partial charge in [-0.25, -0.2) is 4.98 Å². The van der Waals surface area contributed by atoms with E-state index in [9.17, 15) is 0 Å². The molecule has 0 amide bonds. The molecular weight excluding hydrogens is 192 g/mol. The minimum atomic E-state index is 0.159.